The summed E-state index contributed by atoms with van der Waals surface area (Å²) in [6.07, 6.45) is 4.71. The first kappa shape index (κ1) is 18.6. The van der Waals surface area contributed by atoms with Crippen LogP contribution in [0.4, 0.5) is 0 Å². The van der Waals surface area contributed by atoms with Gasteiger partial charge in [-0.15, -0.1) is 23.7 Å². The fourth-order valence-corrected chi connectivity index (χ4v) is 3.75. The molecule has 2 aromatic heterocycles. The summed E-state index contributed by atoms with van der Waals surface area (Å²) in [5.41, 5.74) is 2.41. The number of carbonyl (C=O) groups is 1. The van der Waals surface area contributed by atoms with Crippen molar-refractivity contribution >= 4 is 29.7 Å². The minimum atomic E-state index is -0.0216. The van der Waals surface area contributed by atoms with Crippen molar-refractivity contribution in [1.82, 2.24) is 25.0 Å². The van der Waals surface area contributed by atoms with Crippen molar-refractivity contribution in [1.29, 1.82) is 0 Å². The van der Waals surface area contributed by atoms with Crippen molar-refractivity contribution in [3.63, 3.8) is 0 Å². The van der Waals surface area contributed by atoms with Gasteiger partial charge in [0, 0.05) is 36.8 Å². The molecule has 1 unspecified atom stereocenters. The van der Waals surface area contributed by atoms with E-state index in [0.717, 1.165) is 35.8 Å². The maximum Gasteiger partial charge on any atom is 0.273 e. The van der Waals surface area contributed by atoms with E-state index in [1.165, 1.54) is 11.3 Å². The van der Waals surface area contributed by atoms with Crippen LogP contribution in [0.3, 0.4) is 0 Å². The molecule has 1 N–H and O–H groups in total. The zero-order chi connectivity index (χ0) is 17.2. The van der Waals surface area contributed by atoms with Gasteiger partial charge in [-0.2, -0.15) is 5.10 Å². The monoisotopic (exact) mass is 389 g/mol. The molecule has 3 aromatic rings. The van der Waals surface area contributed by atoms with Gasteiger partial charge in [-0.3, -0.25) is 4.79 Å². The van der Waals surface area contributed by atoms with Gasteiger partial charge < -0.3 is 10.2 Å². The van der Waals surface area contributed by atoms with Crippen LogP contribution in [0.5, 0.6) is 0 Å². The largest absolute Gasteiger partial charge is 0.336 e. The molecule has 3 heterocycles. The van der Waals surface area contributed by atoms with Crippen LogP contribution >= 0.6 is 23.7 Å². The minimum Gasteiger partial charge on any atom is -0.336 e. The van der Waals surface area contributed by atoms with E-state index in [2.05, 4.69) is 15.4 Å². The number of para-hydroxylation sites is 1. The van der Waals surface area contributed by atoms with Crippen molar-refractivity contribution in [2.75, 3.05) is 20.1 Å². The highest BCUT2D eigenvalue weighted by Gasteiger charge is 2.25. The third-order valence-corrected chi connectivity index (χ3v) is 5.37. The summed E-state index contributed by atoms with van der Waals surface area (Å²) in [6, 6.07) is 10.2. The maximum atomic E-state index is 12.6. The number of hydrogen-bond acceptors (Lipinski definition) is 5. The molecular formula is C18H20ClN5OS. The second-order valence-electron chi connectivity index (χ2n) is 6.11. The van der Waals surface area contributed by atoms with E-state index < -0.39 is 0 Å². The molecule has 1 aliphatic heterocycles. The Morgan fingerprint density at radius 2 is 2.15 bits per heavy atom. The van der Waals surface area contributed by atoms with Gasteiger partial charge in [0.2, 0.25) is 0 Å². The lowest BCUT2D eigenvalue weighted by Crippen LogP contribution is -2.38. The average Bonchev–Trinajstić information content (AvgIpc) is 3.42. The van der Waals surface area contributed by atoms with Gasteiger partial charge >= 0.3 is 0 Å². The Labute approximate surface area is 162 Å². The van der Waals surface area contributed by atoms with Gasteiger partial charge in [0.25, 0.3) is 5.91 Å². The number of hydrogen-bond donors (Lipinski definition) is 1. The van der Waals surface area contributed by atoms with E-state index in [4.69, 9.17) is 0 Å². The van der Waals surface area contributed by atoms with E-state index in [0.29, 0.717) is 5.69 Å². The van der Waals surface area contributed by atoms with Gasteiger partial charge in [-0.25, -0.2) is 9.67 Å². The smallest absolute Gasteiger partial charge is 0.273 e. The maximum absolute atomic E-state index is 12.6. The molecule has 0 saturated carbocycles. The molecule has 136 valence electrons. The van der Waals surface area contributed by atoms with Crippen molar-refractivity contribution in [2.45, 2.75) is 12.5 Å². The number of thiazole rings is 1. The molecule has 0 aliphatic carbocycles. The Bertz CT molecular complexity index is 873. The van der Waals surface area contributed by atoms with Crippen LogP contribution in [0.25, 0.3) is 16.3 Å². The van der Waals surface area contributed by atoms with E-state index >= 15 is 0 Å². The molecule has 0 radical (unpaired) electrons. The molecule has 0 spiro atoms. The lowest BCUT2D eigenvalue weighted by molar-refractivity contribution is 0.0739. The van der Waals surface area contributed by atoms with Crippen LogP contribution in [0.2, 0.25) is 0 Å². The van der Waals surface area contributed by atoms with Crippen molar-refractivity contribution in [2.24, 2.45) is 0 Å². The third-order valence-electron chi connectivity index (χ3n) is 4.48. The van der Waals surface area contributed by atoms with E-state index in [9.17, 15) is 4.79 Å². The second-order valence-corrected chi connectivity index (χ2v) is 6.97. The molecule has 8 heteroatoms. The SMILES string of the molecule is CN(C(=O)c1csc(-c2cnn(-c3ccccc3)c2)n1)C1CCNC1.Cl. The summed E-state index contributed by atoms with van der Waals surface area (Å²) in [5, 5.41) is 10.3. The highest BCUT2D eigenvalue weighted by Crippen LogP contribution is 2.25. The summed E-state index contributed by atoms with van der Waals surface area (Å²) in [6.45, 7) is 1.81. The van der Waals surface area contributed by atoms with Gasteiger partial charge in [0.1, 0.15) is 10.7 Å². The second kappa shape index (κ2) is 7.99. The number of amides is 1. The lowest BCUT2D eigenvalue weighted by Gasteiger charge is -2.22. The number of carbonyl (C=O) groups excluding carboxylic acids is 1. The van der Waals surface area contributed by atoms with Gasteiger partial charge in [-0.1, -0.05) is 18.2 Å². The molecule has 1 aromatic carbocycles. The molecular weight excluding hydrogens is 370 g/mol. The fourth-order valence-electron chi connectivity index (χ4n) is 2.98. The Balaban J connectivity index is 0.00000196. The highest BCUT2D eigenvalue weighted by molar-refractivity contribution is 7.13. The number of benzene rings is 1. The summed E-state index contributed by atoms with van der Waals surface area (Å²) in [5.74, 6) is -0.0216. The fraction of sp³-hybridized carbons (Fsp3) is 0.278. The van der Waals surface area contributed by atoms with Crippen LogP contribution in [-0.2, 0) is 0 Å². The Hall–Kier alpha value is -2.22. The first-order valence-corrected chi connectivity index (χ1v) is 9.14. The molecule has 1 saturated heterocycles. The topological polar surface area (TPSA) is 63.1 Å². The lowest BCUT2D eigenvalue weighted by atomic mass is 10.2. The van der Waals surface area contributed by atoms with Gasteiger partial charge in [0.15, 0.2) is 0 Å². The summed E-state index contributed by atoms with van der Waals surface area (Å²) < 4.78 is 1.81. The number of halogens is 1. The molecule has 6 nitrogen and oxygen atoms in total. The number of nitrogens with zero attached hydrogens (tertiary/aromatic N) is 4. The predicted octanol–water partition coefficient (Wildman–Crippen LogP) is 2.85. The Kier molecular flexibility index (Phi) is 5.70. The first-order chi connectivity index (χ1) is 12.2. The Morgan fingerprint density at radius 1 is 1.35 bits per heavy atom. The van der Waals surface area contributed by atoms with E-state index in [1.54, 1.807) is 11.1 Å². The van der Waals surface area contributed by atoms with Crippen molar-refractivity contribution in [3.05, 3.63) is 53.8 Å². The zero-order valence-corrected chi connectivity index (χ0v) is 16.0. The number of nitrogens with one attached hydrogen (secondary N) is 1. The third kappa shape index (κ3) is 3.65. The summed E-state index contributed by atoms with van der Waals surface area (Å²) in [7, 11) is 1.85. The van der Waals surface area contributed by atoms with Gasteiger partial charge in [0.05, 0.1) is 11.9 Å². The molecule has 26 heavy (non-hydrogen) atoms. The standard InChI is InChI=1S/C18H19N5OS.ClH/c1-22(15-7-8-19-10-15)18(24)16-12-25-17(21-16)13-9-20-23(11-13)14-5-3-2-4-6-14;/h2-6,9,11-12,15,19H,7-8,10H2,1H3;1H. The minimum absolute atomic E-state index is 0. The molecule has 1 atom stereocenters. The van der Waals surface area contributed by atoms with Crippen LogP contribution in [0.15, 0.2) is 48.1 Å². The average molecular weight is 390 g/mol. The van der Waals surface area contributed by atoms with Crippen molar-refractivity contribution in [3.8, 4) is 16.3 Å². The highest BCUT2D eigenvalue weighted by atomic mass is 35.5. The Morgan fingerprint density at radius 3 is 2.88 bits per heavy atom. The number of aromatic nitrogens is 3. The summed E-state index contributed by atoms with van der Waals surface area (Å²) in [4.78, 5) is 19.0. The number of likely N-dealkylation sites (N-methyl/N-ethyl adjacent to an activating group) is 1. The molecule has 1 fully saturated rings. The normalized spacial score (nSPS) is 16.3. The first-order valence-electron chi connectivity index (χ1n) is 8.26. The van der Waals surface area contributed by atoms with Crippen LogP contribution in [0.1, 0.15) is 16.9 Å². The van der Waals surface area contributed by atoms with Gasteiger partial charge in [-0.05, 0) is 25.1 Å². The van der Waals surface area contributed by atoms with Crippen LogP contribution in [-0.4, -0.2) is 51.8 Å². The van der Waals surface area contributed by atoms with Crippen LogP contribution in [0, 0.1) is 0 Å². The predicted molar refractivity (Wildman–Crippen MR) is 105 cm³/mol. The van der Waals surface area contributed by atoms with Crippen LogP contribution < -0.4 is 5.32 Å². The van der Waals surface area contributed by atoms with E-state index in [-0.39, 0.29) is 24.4 Å². The molecule has 1 aliphatic rings. The molecule has 0 bridgehead atoms. The molecule has 4 rings (SSSR count). The molecule has 1 amide bonds. The summed E-state index contributed by atoms with van der Waals surface area (Å²) >= 11 is 1.47. The quantitative estimate of drug-likeness (QED) is 0.745. The zero-order valence-electron chi connectivity index (χ0n) is 14.3. The van der Waals surface area contributed by atoms with Crippen molar-refractivity contribution < 1.29 is 4.79 Å². The van der Waals surface area contributed by atoms with E-state index in [1.807, 2.05) is 53.6 Å². The number of rotatable bonds is 4.